The van der Waals surface area contributed by atoms with Gasteiger partial charge in [-0.05, 0) is 25.1 Å². The Morgan fingerprint density at radius 2 is 2.11 bits per heavy atom. The largest absolute Gasteiger partial charge is 0.492 e. The Hall–Kier alpha value is -3.26. The van der Waals surface area contributed by atoms with Crippen LogP contribution < -0.4 is 20.5 Å². The van der Waals surface area contributed by atoms with Gasteiger partial charge >= 0.3 is 0 Å². The molecule has 0 aliphatic rings. The number of carbonyl (C=O) groups excluding carboxylic acids is 1. The van der Waals surface area contributed by atoms with Gasteiger partial charge in [-0.3, -0.25) is 15.2 Å². The maximum absolute atomic E-state index is 10.9. The van der Waals surface area contributed by atoms with Crippen LogP contribution >= 0.6 is 11.6 Å². The summed E-state index contributed by atoms with van der Waals surface area (Å²) in [5, 5.41) is 10.2. The number of nitrogens with one attached hydrogen (secondary N) is 2. The number of anilines is 4. The van der Waals surface area contributed by atoms with E-state index in [4.69, 9.17) is 16.3 Å². The Balaban J connectivity index is 2.48. The minimum atomic E-state index is 0.264. The number of methoxy groups -OCH3 is 1. The topological polar surface area (TPSA) is 82.1 Å². The number of aromatic nitrogens is 1. The van der Waals surface area contributed by atoms with Crippen molar-refractivity contribution in [2.45, 2.75) is 6.92 Å². The van der Waals surface area contributed by atoms with E-state index in [2.05, 4.69) is 34.1 Å². The van der Waals surface area contributed by atoms with Crippen LogP contribution in [0.5, 0.6) is 5.75 Å². The van der Waals surface area contributed by atoms with Gasteiger partial charge in [0.15, 0.2) is 11.6 Å². The first-order valence-electron chi connectivity index (χ1n) is 7.89. The highest BCUT2D eigenvalue weighted by atomic mass is 35.5. The zero-order chi connectivity index (χ0) is 20.0. The van der Waals surface area contributed by atoms with Crippen molar-refractivity contribution < 1.29 is 9.53 Å². The molecule has 1 amide bonds. The highest BCUT2D eigenvalue weighted by molar-refractivity contribution is 6.29. The molecule has 0 spiro atoms. The predicted octanol–water partition coefficient (Wildman–Crippen LogP) is 3.78. The molecule has 0 radical (unpaired) electrons. The Morgan fingerprint density at radius 1 is 1.37 bits per heavy atom. The number of amides is 1. The zero-order valence-electron chi connectivity index (χ0n) is 15.4. The van der Waals surface area contributed by atoms with Gasteiger partial charge in [-0.25, -0.2) is 9.99 Å². The summed E-state index contributed by atoms with van der Waals surface area (Å²) in [6, 6.07) is 7.22. The SMILES string of the molecule is C=CN(N=C)c1cccc(Nc2cc(Cl)nc(NN(C)C=O)c2C)c1OC. The number of ether oxygens (including phenoxy) is 1. The number of hydrogen-bond acceptors (Lipinski definition) is 7. The molecule has 0 aliphatic carbocycles. The van der Waals surface area contributed by atoms with Crippen molar-refractivity contribution in [3.05, 3.63) is 47.8 Å². The molecule has 0 fully saturated rings. The number of nitrogens with zero attached hydrogens (tertiary/aromatic N) is 4. The van der Waals surface area contributed by atoms with E-state index in [0.29, 0.717) is 35.0 Å². The van der Waals surface area contributed by atoms with E-state index < -0.39 is 0 Å². The van der Waals surface area contributed by atoms with Crippen LogP contribution in [0.2, 0.25) is 5.15 Å². The molecule has 0 aliphatic heterocycles. The zero-order valence-corrected chi connectivity index (χ0v) is 16.1. The molecule has 2 rings (SSSR count). The molecule has 142 valence electrons. The summed E-state index contributed by atoms with van der Waals surface area (Å²) in [7, 11) is 3.13. The lowest BCUT2D eigenvalue weighted by Gasteiger charge is -2.21. The van der Waals surface area contributed by atoms with Crippen LogP contribution in [0, 0.1) is 6.92 Å². The smallest absolute Gasteiger partial charge is 0.227 e. The molecule has 0 atom stereocenters. The number of hydrogen-bond donors (Lipinski definition) is 2. The van der Waals surface area contributed by atoms with Crippen molar-refractivity contribution in [1.29, 1.82) is 0 Å². The Labute approximate surface area is 163 Å². The third-order valence-electron chi connectivity index (χ3n) is 3.72. The van der Waals surface area contributed by atoms with Crippen LogP contribution in [-0.4, -0.2) is 37.3 Å². The highest BCUT2D eigenvalue weighted by Gasteiger charge is 2.16. The lowest BCUT2D eigenvalue weighted by Crippen LogP contribution is -2.24. The number of benzene rings is 1. The van der Waals surface area contributed by atoms with Gasteiger partial charge in [0.1, 0.15) is 10.8 Å². The molecule has 0 unspecified atom stereocenters. The summed E-state index contributed by atoms with van der Waals surface area (Å²) in [4.78, 5) is 15.1. The molecule has 0 saturated carbocycles. The third kappa shape index (κ3) is 4.48. The maximum atomic E-state index is 10.9. The standard InChI is InChI=1S/C18H21ClN6O2/c1-6-25(20-3)15-9-7-8-13(17(15)27-5)21-14-10-16(19)22-18(12(14)2)23-24(4)11-26/h6-11H,1,3H2,2,4-5H3,(H2,21,22,23). The Kier molecular flexibility index (Phi) is 6.62. The number of pyridine rings is 1. The van der Waals surface area contributed by atoms with Crippen molar-refractivity contribution in [1.82, 2.24) is 9.99 Å². The summed E-state index contributed by atoms with van der Waals surface area (Å²) in [5.41, 5.74) is 5.68. The highest BCUT2D eigenvalue weighted by Crippen LogP contribution is 2.39. The van der Waals surface area contributed by atoms with Crippen LogP contribution in [-0.2, 0) is 4.79 Å². The van der Waals surface area contributed by atoms with E-state index >= 15 is 0 Å². The third-order valence-corrected chi connectivity index (χ3v) is 3.92. The summed E-state index contributed by atoms with van der Waals surface area (Å²) >= 11 is 6.14. The van der Waals surface area contributed by atoms with E-state index in [1.54, 1.807) is 20.2 Å². The second-order valence-electron chi connectivity index (χ2n) is 5.45. The Bertz CT molecular complexity index is 850. The number of halogens is 1. The molecular weight excluding hydrogens is 368 g/mol. The van der Waals surface area contributed by atoms with Crippen LogP contribution in [0.4, 0.5) is 22.9 Å². The normalized spacial score (nSPS) is 9.93. The molecule has 2 N–H and O–H groups in total. The number of hydrazone groups is 1. The lowest BCUT2D eigenvalue weighted by molar-refractivity contribution is -0.115. The first kappa shape index (κ1) is 20.1. The van der Waals surface area contributed by atoms with Crippen molar-refractivity contribution in [3.63, 3.8) is 0 Å². The molecule has 27 heavy (non-hydrogen) atoms. The van der Waals surface area contributed by atoms with Crippen molar-refractivity contribution in [2.24, 2.45) is 5.10 Å². The average molecular weight is 389 g/mol. The van der Waals surface area contributed by atoms with E-state index in [0.717, 1.165) is 5.56 Å². The van der Waals surface area contributed by atoms with Gasteiger partial charge < -0.3 is 10.1 Å². The van der Waals surface area contributed by atoms with Crippen LogP contribution in [0.3, 0.4) is 0 Å². The van der Waals surface area contributed by atoms with Crippen molar-refractivity contribution in [2.75, 3.05) is 29.9 Å². The number of carbonyl (C=O) groups is 1. The maximum Gasteiger partial charge on any atom is 0.227 e. The van der Waals surface area contributed by atoms with Crippen LogP contribution in [0.25, 0.3) is 0 Å². The Morgan fingerprint density at radius 3 is 2.70 bits per heavy atom. The quantitative estimate of drug-likeness (QED) is 0.294. The number of rotatable bonds is 9. The summed E-state index contributed by atoms with van der Waals surface area (Å²) in [5.74, 6) is 1.01. The molecule has 9 heteroatoms. The molecular formula is C18H21ClN6O2. The minimum Gasteiger partial charge on any atom is -0.492 e. The fourth-order valence-corrected chi connectivity index (χ4v) is 2.60. The molecule has 2 aromatic rings. The lowest BCUT2D eigenvalue weighted by atomic mass is 10.2. The molecule has 1 aromatic carbocycles. The average Bonchev–Trinajstić information content (AvgIpc) is 2.66. The summed E-state index contributed by atoms with van der Waals surface area (Å²) in [6.07, 6.45) is 2.16. The van der Waals surface area contributed by atoms with Gasteiger partial charge in [-0.2, -0.15) is 5.10 Å². The second kappa shape index (κ2) is 8.91. The fraction of sp³-hybridized carbons (Fsp3) is 0.167. The summed E-state index contributed by atoms with van der Waals surface area (Å²) < 4.78 is 5.56. The fourth-order valence-electron chi connectivity index (χ4n) is 2.41. The molecule has 8 nitrogen and oxygen atoms in total. The van der Waals surface area contributed by atoms with E-state index in [1.807, 2.05) is 25.1 Å². The first-order valence-corrected chi connectivity index (χ1v) is 8.27. The monoisotopic (exact) mass is 388 g/mol. The van der Waals surface area contributed by atoms with Gasteiger partial charge in [0.25, 0.3) is 0 Å². The molecule has 0 saturated heterocycles. The number of hydrazine groups is 1. The predicted molar refractivity (Wildman–Crippen MR) is 110 cm³/mol. The second-order valence-corrected chi connectivity index (χ2v) is 5.83. The van der Waals surface area contributed by atoms with Crippen LogP contribution in [0.15, 0.2) is 42.1 Å². The van der Waals surface area contributed by atoms with Crippen molar-refractivity contribution >= 4 is 47.6 Å². The van der Waals surface area contributed by atoms with Gasteiger partial charge in [0, 0.05) is 31.2 Å². The van der Waals surface area contributed by atoms with E-state index in [1.165, 1.54) is 16.2 Å². The molecule has 1 heterocycles. The van der Waals surface area contributed by atoms with E-state index in [-0.39, 0.29) is 5.15 Å². The molecule has 1 aromatic heterocycles. The van der Waals surface area contributed by atoms with Gasteiger partial charge in [0.2, 0.25) is 6.41 Å². The van der Waals surface area contributed by atoms with Gasteiger partial charge in [-0.15, -0.1) is 0 Å². The summed E-state index contributed by atoms with van der Waals surface area (Å²) in [6.45, 7) is 9.10. The first-order chi connectivity index (χ1) is 12.9. The molecule has 0 bridgehead atoms. The van der Waals surface area contributed by atoms with Gasteiger partial charge in [0.05, 0.1) is 12.8 Å². The van der Waals surface area contributed by atoms with Crippen LogP contribution in [0.1, 0.15) is 5.56 Å². The van der Waals surface area contributed by atoms with E-state index in [9.17, 15) is 4.79 Å². The van der Waals surface area contributed by atoms with Gasteiger partial charge in [-0.1, -0.05) is 24.2 Å². The van der Waals surface area contributed by atoms with Crippen molar-refractivity contribution in [3.8, 4) is 5.75 Å². The minimum absolute atomic E-state index is 0.264. The number of para-hydroxylation sites is 1.